The average molecular weight is 440 g/mol. The summed E-state index contributed by atoms with van der Waals surface area (Å²) < 4.78 is 36.1. The molecule has 0 aromatic heterocycles. The van der Waals surface area contributed by atoms with Crippen LogP contribution in [0.4, 0.5) is 0 Å². The molecular weight excluding hydrogens is 394 g/mol. The average Bonchev–Trinajstić information content (AvgIpc) is 2.71. The van der Waals surface area contributed by atoms with E-state index < -0.39 is 28.1 Å². The second-order valence-electron chi connectivity index (χ2n) is 7.80. The molecule has 0 fully saturated rings. The van der Waals surface area contributed by atoms with Gasteiger partial charge in [0.25, 0.3) is 0 Å². The first-order valence-electron chi connectivity index (χ1n) is 10.3. The van der Waals surface area contributed by atoms with Gasteiger partial charge in [0.05, 0.1) is 26.5 Å². The van der Waals surface area contributed by atoms with E-state index in [2.05, 4.69) is 13.8 Å². The van der Waals surface area contributed by atoms with Crippen LogP contribution in [0.5, 0.6) is 0 Å². The fourth-order valence-corrected chi connectivity index (χ4v) is 4.79. The first-order chi connectivity index (χ1) is 13.0. The van der Waals surface area contributed by atoms with E-state index >= 15 is 0 Å². The molecule has 0 spiro atoms. The maximum Gasteiger partial charge on any atom is 0.170 e. The maximum atomic E-state index is 6.86. The van der Waals surface area contributed by atoms with Gasteiger partial charge in [-0.3, -0.25) is 0 Å². The molecule has 0 amide bonds. The molecule has 7 nitrogen and oxygen atoms in total. The van der Waals surface area contributed by atoms with Gasteiger partial charge in [-0.25, -0.2) is 0 Å². The molecule has 0 saturated carbocycles. The van der Waals surface area contributed by atoms with E-state index in [-0.39, 0.29) is 0 Å². The zero-order chi connectivity index (χ0) is 22.1. The molecule has 0 aromatic rings. The van der Waals surface area contributed by atoms with Gasteiger partial charge in [0.15, 0.2) is 10.8 Å². The van der Waals surface area contributed by atoms with Gasteiger partial charge in [-0.1, -0.05) is 26.7 Å². The highest BCUT2D eigenvalue weighted by Crippen LogP contribution is 2.41. The molecule has 0 aromatic carbocycles. The number of ether oxygens (including phenoxy) is 6. The lowest BCUT2D eigenvalue weighted by Gasteiger charge is -2.56. The molecule has 28 heavy (non-hydrogen) atoms. The van der Waals surface area contributed by atoms with E-state index in [4.69, 9.17) is 34.2 Å². The van der Waals surface area contributed by atoms with Crippen LogP contribution in [-0.4, -0.2) is 90.2 Å². The largest absolute Gasteiger partial charge is 0.372 e. The molecular formula is C19H45NO6Si2. The summed E-state index contributed by atoms with van der Waals surface area (Å²) in [5.41, 5.74) is 3.01. The first kappa shape index (κ1) is 28.2. The van der Waals surface area contributed by atoms with E-state index in [1.165, 1.54) is 0 Å². The number of hydrogen-bond acceptors (Lipinski definition) is 7. The van der Waals surface area contributed by atoms with E-state index in [1.54, 1.807) is 28.4 Å². The predicted octanol–water partition coefficient (Wildman–Crippen LogP) is 0.0885. The fourth-order valence-electron chi connectivity index (χ4n) is 3.35. The van der Waals surface area contributed by atoms with Gasteiger partial charge in [0.2, 0.25) is 0 Å². The highest BCUT2D eigenvalue weighted by Gasteiger charge is 2.62. The standard InChI is InChI=1S/C19H45NO6Si2/c1-9-11-13-25-18(27,23-7)16(3,21-5)15(20)17(4,22-6)19(28,24-8)26-14-12-10-2/h15H,9-14,20H2,1-8,27-28H3. The first-order valence-corrected chi connectivity index (χ1v) is 12.3. The van der Waals surface area contributed by atoms with Crippen LogP contribution in [0.3, 0.4) is 0 Å². The van der Waals surface area contributed by atoms with E-state index in [1.807, 2.05) is 13.8 Å². The third kappa shape index (κ3) is 5.64. The monoisotopic (exact) mass is 439 g/mol. The highest BCUT2D eigenvalue weighted by atomic mass is 28.2. The van der Waals surface area contributed by atoms with Crippen molar-refractivity contribution < 1.29 is 28.4 Å². The molecule has 0 bridgehead atoms. The van der Waals surface area contributed by atoms with Gasteiger partial charge in [0, 0.05) is 41.7 Å². The summed E-state index contributed by atoms with van der Waals surface area (Å²) in [6, 6.07) is -0.645. The van der Waals surface area contributed by atoms with Crippen molar-refractivity contribution in [3.63, 3.8) is 0 Å². The summed E-state index contributed by atoms with van der Waals surface area (Å²) in [5, 5.41) is 0. The summed E-state index contributed by atoms with van der Waals surface area (Å²) in [4.78, 5) is 0. The Morgan fingerprint density at radius 2 is 1.04 bits per heavy atom. The summed E-state index contributed by atoms with van der Waals surface area (Å²) in [6.07, 6.45) is 3.94. The number of nitrogens with two attached hydrogens (primary N) is 1. The number of unbranched alkanes of at least 4 members (excludes halogenated alkanes) is 2. The Balaban J connectivity index is 6.01. The third-order valence-electron chi connectivity index (χ3n) is 6.37. The minimum Gasteiger partial charge on any atom is -0.372 e. The van der Waals surface area contributed by atoms with Crippen LogP contribution in [0.1, 0.15) is 53.4 Å². The van der Waals surface area contributed by atoms with Crippen LogP contribution in [0, 0.1) is 0 Å². The normalized spacial score (nSPS) is 22.2. The van der Waals surface area contributed by atoms with Crippen molar-refractivity contribution in [2.45, 2.75) is 81.4 Å². The lowest BCUT2D eigenvalue weighted by Crippen LogP contribution is -2.77. The smallest absolute Gasteiger partial charge is 0.170 e. The lowest BCUT2D eigenvalue weighted by molar-refractivity contribution is -0.317. The second kappa shape index (κ2) is 12.1. The summed E-state index contributed by atoms with van der Waals surface area (Å²) >= 11 is 0. The molecule has 0 aliphatic rings. The Labute approximate surface area is 178 Å². The Morgan fingerprint density at radius 1 is 0.714 bits per heavy atom. The van der Waals surface area contributed by atoms with Gasteiger partial charge in [-0.05, 0) is 26.7 Å². The molecule has 0 heterocycles. The Bertz CT molecular complexity index is 411. The second-order valence-corrected chi connectivity index (χ2v) is 10.4. The fraction of sp³-hybridized carbons (Fsp3) is 1.00. The molecule has 4 atom stereocenters. The van der Waals surface area contributed by atoms with Crippen LogP contribution in [0.15, 0.2) is 0 Å². The maximum absolute atomic E-state index is 6.86. The van der Waals surface area contributed by atoms with Crippen molar-refractivity contribution in [3.05, 3.63) is 0 Å². The van der Waals surface area contributed by atoms with Crippen LogP contribution < -0.4 is 5.73 Å². The molecule has 4 unspecified atom stereocenters. The predicted molar refractivity (Wildman–Crippen MR) is 120 cm³/mol. The van der Waals surface area contributed by atoms with Crippen molar-refractivity contribution in [2.75, 3.05) is 41.7 Å². The van der Waals surface area contributed by atoms with Gasteiger partial charge >= 0.3 is 0 Å². The van der Waals surface area contributed by atoms with Gasteiger partial charge < -0.3 is 34.2 Å². The van der Waals surface area contributed by atoms with E-state index in [0.717, 1.165) is 25.7 Å². The lowest BCUT2D eigenvalue weighted by atomic mass is 9.81. The number of rotatable bonds is 16. The summed E-state index contributed by atoms with van der Waals surface area (Å²) in [5.74, 6) is 0. The third-order valence-corrected chi connectivity index (χ3v) is 9.75. The number of methoxy groups -OCH3 is 4. The Morgan fingerprint density at radius 3 is 1.25 bits per heavy atom. The van der Waals surface area contributed by atoms with Crippen molar-refractivity contribution in [1.82, 2.24) is 0 Å². The van der Waals surface area contributed by atoms with Gasteiger partial charge in [0.1, 0.15) is 11.2 Å². The summed E-state index contributed by atoms with van der Waals surface area (Å²) in [7, 11) is 7.63. The number of hydrogen-bond donors (Lipinski definition) is 1. The topological polar surface area (TPSA) is 81.4 Å². The molecule has 0 aliphatic carbocycles. The minimum absolute atomic E-state index is 0.554. The van der Waals surface area contributed by atoms with Gasteiger partial charge in [-0.15, -0.1) is 0 Å². The minimum atomic E-state index is -0.977. The Hall–Kier alpha value is 0.154. The quantitative estimate of drug-likeness (QED) is 0.207. The SMILES string of the molecule is CCCCOC([SiH3])(OC)C(C)(OC)C(N)C(C)(OC)C([SiH3])(OC)OCCCC. The zero-order valence-electron chi connectivity index (χ0n) is 19.8. The molecule has 9 heteroatoms. The van der Waals surface area contributed by atoms with E-state index in [0.29, 0.717) is 33.7 Å². The zero-order valence-corrected chi connectivity index (χ0v) is 23.8. The van der Waals surface area contributed by atoms with Crippen LogP contribution in [0.25, 0.3) is 0 Å². The van der Waals surface area contributed by atoms with Crippen molar-refractivity contribution in [1.29, 1.82) is 0 Å². The van der Waals surface area contributed by atoms with Gasteiger partial charge in [-0.2, -0.15) is 0 Å². The highest BCUT2D eigenvalue weighted by molar-refractivity contribution is 6.15. The van der Waals surface area contributed by atoms with Crippen molar-refractivity contribution >= 4 is 20.5 Å². The van der Waals surface area contributed by atoms with Crippen LogP contribution in [0.2, 0.25) is 0 Å². The molecule has 2 N–H and O–H groups in total. The summed E-state index contributed by atoms with van der Waals surface area (Å²) in [6.45, 7) is 9.23. The molecule has 170 valence electrons. The molecule has 0 saturated heterocycles. The van der Waals surface area contributed by atoms with Crippen molar-refractivity contribution in [2.24, 2.45) is 5.73 Å². The van der Waals surface area contributed by atoms with Crippen molar-refractivity contribution in [3.8, 4) is 0 Å². The molecule has 0 aliphatic heterocycles. The molecule has 0 rings (SSSR count). The van der Waals surface area contributed by atoms with Crippen LogP contribution >= 0.6 is 0 Å². The van der Waals surface area contributed by atoms with Crippen LogP contribution in [-0.2, 0) is 28.4 Å². The van der Waals surface area contributed by atoms with E-state index in [9.17, 15) is 0 Å². The Kier molecular flexibility index (Phi) is 12.2. The molecule has 0 radical (unpaired) electrons.